The molecule has 2 rings (SSSR count). The molecule has 10 heteroatoms. The number of ether oxygens (including phenoxy) is 1. The minimum atomic E-state index is -1.49. The number of halogens is 1. The van der Waals surface area contributed by atoms with Crippen LogP contribution in [0.4, 0.5) is 5.69 Å². The van der Waals surface area contributed by atoms with Crippen LogP contribution in [0.1, 0.15) is 35.2 Å². The average Bonchev–Trinajstić information content (AvgIpc) is 2.71. The van der Waals surface area contributed by atoms with Crippen LogP contribution in [0.2, 0.25) is 5.02 Å². The Kier molecular flexibility index (Phi) is 7.88. The summed E-state index contributed by atoms with van der Waals surface area (Å²) in [5.41, 5.74) is 0.326. The van der Waals surface area contributed by atoms with E-state index >= 15 is 0 Å². The fourth-order valence-electron chi connectivity index (χ4n) is 2.83. The second-order valence-electron chi connectivity index (χ2n) is 6.26. The van der Waals surface area contributed by atoms with E-state index in [9.17, 15) is 29.6 Å². The maximum absolute atomic E-state index is 12.5. The van der Waals surface area contributed by atoms with E-state index in [-0.39, 0.29) is 24.3 Å². The van der Waals surface area contributed by atoms with Gasteiger partial charge in [0.15, 0.2) is 0 Å². The maximum atomic E-state index is 12.5. The van der Waals surface area contributed by atoms with Gasteiger partial charge < -0.3 is 15.2 Å². The number of carboxylic acid groups (broad SMARTS) is 1. The number of non-ortho nitro benzene ring substituents is 1. The Morgan fingerprint density at radius 1 is 1.13 bits per heavy atom. The number of amides is 1. The molecule has 0 aliphatic rings. The quantitative estimate of drug-likeness (QED) is 0.351. The van der Waals surface area contributed by atoms with Gasteiger partial charge in [0.05, 0.1) is 18.0 Å². The number of benzene rings is 2. The van der Waals surface area contributed by atoms with Crippen LogP contribution in [0.25, 0.3) is 0 Å². The molecule has 0 heterocycles. The number of nitro benzene ring substituents is 1. The van der Waals surface area contributed by atoms with E-state index in [1.165, 1.54) is 48.5 Å². The smallest absolute Gasteiger partial charge is 0.326 e. The number of nitrogens with zero attached hydrogens (tertiary/aromatic N) is 1. The van der Waals surface area contributed by atoms with Gasteiger partial charge in [-0.05, 0) is 36.8 Å². The van der Waals surface area contributed by atoms with Gasteiger partial charge in [0.2, 0.25) is 0 Å². The van der Waals surface area contributed by atoms with Crippen molar-refractivity contribution in [3.8, 4) is 0 Å². The van der Waals surface area contributed by atoms with Crippen molar-refractivity contribution in [2.24, 2.45) is 0 Å². The van der Waals surface area contributed by atoms with Gasteiger partial charge in [0.25, 0.3) is 11.6 Å². The number of hydrogen-bond donors (Lipinski definition) is 2. The normalized spacial score (nSPS) is 12.5. The molecule has 2 N–H and O–H groups in total. The number of rotatable bonds is 9. The van der Waals surface area contributed by atoms with Crippen molar-refractivity contribution in [2.75, 3.05) is 6.61 Å². The number of nitrogens with one attached hydrogen (secondary N) is 1. The summed E-state index contributed by atoms with van der Waals surface area (Å²) in [5.74, 6) is -3.72. The number of hydrogen-bond acceptors (Lipinski definition) is 6. The molecule has 0 aliphatic heterocycles. The molecule has 2 aromatic rings. The summed E-state index contributed by atoms with van der Waals surface area (Å²) in [4.78, 5) is 46.9. The summed E-state index contributed by atoms with van der Waals surface area (Å²) in [7, 11) is 0. The molecule has 0 spiro atoms. The Morgan fingerprint density at radius 2 is 1.73 bits per heavy atom. The molecule has 158 valence electrons. The first-order valence-corrected chi connectivity index (χ1v) is 9.30. The van der Waals surface area contributed by atoms with Crippen molar-refractivity contribution < 1.29 is 29.2 Å². The standard InChI is InChI=1S/C20H19ClN2O7/c1-2-30-17(24)11-16(12-5-9-15(10-6-12)23(28)29)18(20(26)27)22-19(25)13-3-7-14(21)8-4-13/h3-10,16,18H,2,11H2,1H3,(H,22,25)(H,26,27)/t16-,18+/m0/s1. The van der Waals surface area contributed by atoms with E-state index < -0.39 is 34.7 Å². The Morgan fingerprint density at radius 3 is 2.23 bits per heavy atom. The maximum Gasteiger partial charge on any atom is 0.326 e. The summed E-state index contributed by atoms with van der Waals surface area (Å²) in [6.07, 6.45) is -0.344. The third-order valence-electron chi connectivity index (χ3n) is 4.29. The molecule has 1 amide bonds. The highest BCUT2D eigenvalue weighted by atomic mass is 35.5. The number of carbonyl (C=O) groups excluding carboxylic acids is 2. The molecular formula is C20H19ClN2O7. The topological polar surface area (TPSA) is 136 Å². The lowest BCUT2D eigenvalue weighted by Crippen LogP contribution is -2.45. The monoisotopic (exact) mass is 434 g/mol. The zero-order valence-electron chi connectivity index (χ0n) is 15.9. The number of nitro groups is 1. The van der Waals surface area contributed by atoms with E-state index in [0.717, 1.165) is 0 Å². The molecule has 0 unspecified atom stereocenters. The van der Waals surface area contributed by atoms with Gasteiger partial charge in [-0.3, -0.25) is 19.7 Å². The van der Waals surface area contributed by atoms with Crippen molar-refractivity contribution in [2.45, 2.75) is 25.3 Å². The number of esters is 1. The van der Waals surface area contributed by atoms with E-state index in [1.807, 2.05) is 0 Å². The SMILES string of the molecule is CCOC(=O)C[C@@H](c1ccc([N+](=O)[O-])cc1)[C@@H](NC(=O)c1ccc(Cl)cc1)C(=O)O. The highest BCUT2D eigenvalue weighted by Gasteiger charge is 2.33. The highest BCUT2D eigenvalue weighted by Crippen LogP contribution is 2.27. The summed E-state index contributed by atoms with van der Waals surface area (Å²) >= 11 is 5.80. The fourth-order valence-corrected chi connectivity index (χ4v) is 2.96. The Balaban J connectivity index is 2.36. The van der Waals surface area contributed by atoms with Crippen molar-refractivity contribution in [1.29, 1.82) is 0 Å². The predicted octanol–water partition coefficient (Wildman–Crippen LogP) is 3.17. The lowest BCUT2D eigenvalue weighted by Gasteiger charge is -2.25. The summed E-state index contributed by atoms with van der Waals surface area (Å²) in [6.45, 7) is 1.70. The van der Waals surface area contributed by atoms with Gasteiger partial charge >= 0.3 is 11.9 Å². The summed E-state index contributed by atoms with van der Waals surface area (Å²) in [6, 6.07) is 9.46. The molecule has 30 heavy (non-hydrogen) atoms. The molecule has 0 bridgehead atoms. The van der Waals surface area contributed by atoms with Gasteiger partial charge in [0, 0.05) is 28.6 Å². The lowest BCUT2D eigenvalue weighted by molar-refractivity contribution is -0.384. The second-order valence-corrected chi connectivity index (χ2v) is 6.70. The third kappa shape index (κ3) is 6.02. The average molecular weight is 435 g/mol. The van der Waals surface area contributed by atoms with Gasteiger partial charge in [0.1, 0.15) is 6.04 Å². The van der Waals surface area contributed by atoms with E-state index in [2.05, 4.69) is 5.32 Å². The largest absolute Gasteiger partial charge is 0.480 e. The zero-order chi connectivity index (χ0) is 22.3. The zero-order valence-corrected chi connectivity index (χ0v) is 16.7. The predicted molar refractivity (Wildman–Crippen MR) is 107 cm³/mol. The van der Waals surface area contributed by atoms with Crippen LogP contribution in [-0.2, 0) is 14.3 Å². The first kappa shape index (κ1) is 22.8. The number of carbonyl (C=O) groups is 3. The van der Waals surface area contributed by atoms with Crippen molar-refractivity contribution in [3.05, 3.63) is 74.8 Å². The molecule has 0 aliphatic carbocycles. The Labute approximate surface area is 176 Å². The number of carboxylic acids is 1. The van der Waals surface area contributed by atoms with Gasteiger partial charge in [-0.1, -0.05) is 23.7 Å². The molecule has 2 atom stereocenters. The Bertz CT molecular complexity index is 929. The van der Waals surface area contributed by atoms with Crippen LogP contribution in [0, 0.1) is 10.1 Å². The van der Waals surface area contributed by atoms with Gasteiger partial charge in [-0.15, -0.1) is 0 Å². The Hall–Kier alpha value is -3.46. The molecule has 0 saturated carbocycles. The molecule has 0 radical (unpaired) electrons. The lowest BCUT2D eigenvalue weighted by atomic mass is 9.88. The van der Waals surface area contributed by atoms with Crippen molar-refractivity contribution in [1.82, 2.24) is 5.32 Å². The van der Waals surface area contributed by atoms with E-state index in [1.54, 1.807) is 6.92 Å². The van der Waals surface area contributed by atoms with Gasteiger partial charge in [-0.25, -0.2) is 4.79 Å². The minimum absolute atomic E-state index is 0.0979. The van der Waals surface area contributed by atoms with Crippen molar-refractivity contribution >= 4 is 35.1 Å². The third-order valence-corrected chi connectivity index (χ3v) is 4.54. The van der Waals surface area contributed by atoms with Crippen LogP contribution < -0.4 is 5.32 Å². The second kappa shape index (κ2) is 10.4. The first-order chi connectivity index (χ1) is 14.2. The fraction of sp³-hybridized carbons (Fsp3) is 0.250. The molecular weight excluding hydrogens is 416 g/mol. The molecule has 0 fully saturated rings. The van der Waals surface area contributed by atoms with Crippen LogP contribution in [-0.4, -0.2) is 40.5 Å². The molecule has 0 aromatic heterocycles. The minimum Gasteiger partial charge on any atom is -0.480 e. The number of aliphatic carboxylic acids is 1. The highest BCUT2D eigenvalue weighted by molar-refractivity contribution is 6.30. The van der Waals surface area contributed by atoms with Crippen LogP contribution in [0.5, 0.6) is 0 Å². The molecule has 2 aromatic carbocycles. The van der Waals surface area contributed by atoms with E-state index in [4.69, 9.17) is 16.3 Å². The molecule has 9 nitrogen and oxygen atoms in total. The first-order valence-electron chi connectivity index (χ1n) is 8.92. The van der Waals surface area contributed by atoms with Gasteiger partial charge in [-0.2, -0.15) is 0 Å². The summed E-state index contributed by atoms with van der Waals surface area (Å²) < 4.78 is 4.92. The van der Waals surface area contributed by atoms with Crippen LogP contribution >= 0.6 is 11.6 Å². The molecule has 0 saturated heterocycles. The summed E-state index contributed by atoms with van der Waals surface area (Å²) in [5, 5.41) is 23.4. The van der Waals surface area contributed by atoms with E-state index in [0.29, 0.717) is 10.6 Å². The van der Waals surface area contributed by atoms with Crippen LogP contribution in [0.15, 0.2) is 48.5 Å². The van der Waals surface area contributed by atoms with Crippen LogP contribution in [0.3, 0.4) is 0 Å². The van der Waals surface area contributed by atoms with Crippen molar-refractivity contribution in [3.63, 3.8) is 0 Å².